The predicted octanol–water partition coefficient (Wildman–Crippen LogP) is 4.48. The molecule has 0 saturated carbocycles. The van der Waals surface area contributed by atoms with Gasteiger partial charge in [-0.25, -0.2) is 4.79 Å². The highest BCUT2D eigenvalue weighted by Crippen LogP contribution is 2.32. The van der Waals surface area contributed by atoms with Gasteiger partial charge in [0.1, 0.15) is 0 Å². The van der Waals surface area contributed by atoms with Gasteiger partial charge in [-0.2, -0.15) is 0 Å². The van der Waals surface area contributed by atoms with Crippen molar-refractivity contribution in [2.75, 3.05) is 5.32 Å². The van der Waals surface area contributed by atoms with Gasteiger partial charge in [-0.1, -0.05) is 50.1 Å². The molecule has 2 aromatic rings. The summed E-state index contributed by atoms with van der Waals surface area (Å²) in [5, 5.41) is 8.37. The van der Waals surface area contributed by atoms with Gasteiger partial charge in [0.2, 0.25) is 0 Å². The summed E-state index contributed by atoms with van der Waals surface area (Å²) in [5.41, 5.74) is 2.49. The Morgan fingerprint density at radius 3 is 2.44 bits per heavy atom. The molecule has 7 heteroatoms. The van der Waals surface area contributed by atoms with E-state index in [1.54, 1.807) is 19.1 Å². The van der Waals surface area contributed by atoms with Gasteiger partial charge in [-0.05, 0) is 42.8 Å². The highest BCUT2D eigenvalue weighted by molar-refractivity contribution is 9.10. The molecule has 128 valence electrons. The van der Waals surface area contributed by atoms with Crippen LogP contribution in [0, 0.1) is 0 Å². The van der Waals surface area contributed by atoms with Crippen molar-refractivity contribution in [1.82, 2.24) is 10.6 Å². The smallest absolute Gasteiger partial charge is 0.319 e. The van der Waals surface area contributed by atoms with E-state index in [0.717, 1.165) is 14.5 Å². The minimum Gasteiger partial charge on any atom is -0.327 e. The monoisotopic (exact) mass is 463 g/mol. The first-order valence-corrected chi connectivity index (χ1v) is 9.14. The number of urea groups is 1. The molecule has 1 aliphatic heterocycles. The van der Waals surface area contributed by atoms with Crippen molar-refractivity contribution in [1.29, 1.82) is 0 Å². The number of hydrogen-bond acceptors (Lipinski definition) is 2. The zero-order valence-electron chi connectivity index (χ0n) is 13.3. The maximum Gasteiger partial charge on any atom is 0.319 e. The average molecular weight is 465 g/mol. The summed E-state index contributed by atoms with van der Waals surface area (Å²) in [5.74, 6) is -0.270. The number of carbonyl (C=O) groups excluding carboxylic acids is 2. The van der Waals surface area contributed by atoms with Crippen LogP contribution in [-0.4, -0.2) is 11.9 Å². The van der Waals surface area contributed by atoms with Crippen molar-refractivity contribution >= 4 is 49.5 Å². The third kappa shape index (κ3) is 3.93. The highest BCUT2D eigenvalue weighted by Gasteiger charge is 2.32. The number of allylic oxidation sites excluding steroid dienone is 1. The second-order valence-corrected chi connectivity index (χ2v) is 7.32. The predicted molar refractivity (Wildman–Crippen MR) is 104 cm³/mol. The molecule has 1 atom stereocenters. The molecule has 0 aromatic heterocycles. The molecular formula is C18H15Br2N3O2. The first-order valence-electron chi connectivity index (χ1n) is 7.55. The van der Waals surface area contributed by atoms with Crippen molar-refractivity contribution in [2.45, 2.75) is 13.0 Å². The number of nitrogens with one attached hydrogen (secondary N) is 3. The molecule has 0 aliphatic carbocycles. The first-order chi connectivity index (χ1) is 12.0. The standard InChI is InChI=1S/C18H15Br2N3O2/c1-10-15(17(24)22-12-8-6-11(19)7-9-12)16(23-18(25)21-10)13-4-2-3-5-14(13)20/h2-9,16H,1H3,(H,22,24)(H2,21,23,25)/t16-/m0/s1. The zero-order chi connectivity index (χ0) is 18.0. The molecule has 0 radical (unpaired) electrons. The molecule has 0 saturated heterocycles. The maximum atomic E-state index is 12.9. The maximum absolute atomic E-state index is 12.9. The van der Waals surface area contributed by atoms with Crippen LogP contribution in [0.2, 0.25) is 0 Å². The molecule has 3 amide bonds. The van der Waals surface area contributed by atoms with Gasteiger partial charge in [-0.15, -0.1) is 0 Å². The minimum absolute atomic E-state index is 0.270. The third-order valence-electron chi connectivity index (χ3n) is 3.83. The molecule has 25 heavy (non-hydrogen) atoms. The molecule has 2 aromatic carbocycles. The summed E-state index contributed by atoms with van der Waals surface area (Å²) in [6.07, 6.45) is 0. The van der Waals surface area contributed by atoms with Gasteiger partial charge < -0.3 is 16.0 Å². The number of carbonyl (C=O) groups is 2. The topological polar surface area (TPSA) is 70.2 Å². The first kappa shape index (κ1) is 17.7. The second-order valence-electron chi connectivity index (χ2n) is 5.55. The Labute approximate surface area is 162 Å². The SMILES string of the molecule is CC1=C(C(=O)Nc2ccc(Br)cc2)[C@H](c2ccccc2Br)NC(=O)N1. The zero-order valence-corrected chi connectivity index (χ0v) is 16.4. The number of halogens is 2. The van der Waals surface area contributed by atoms with Crippen LogP contribution in [0.5, 0.6) is 0 Å². The summed E-state index contributed by atoms with van der Waals surface area (Å²) < 4.78 is 1.75. The van der Waals surface area contributed by atoms with Gasteiger partial charge in [0.05, 0.1) is 11.6 Å². The van der Waals surface area contributed by atoms with E-state index in [1.165, 1.54) is 0 Å². The molecule has 0 bridgehead atoms. The van der Waals surface area contributed by atoms with Crippen LogP contribution in [-0.2, 0) is 4.79 Å². The van der Waals surface area contributed by atoms with E-state index in [0.29, 0.717) is 17.0 Å². The molecule has 3 rings (SSSR count). The van der Waals surface area contributed by atoms with Crippen LogP contribution in [0.25, 0.3) is 0 Å². The third-order valence-corrected chi connectivity index (χ3v) is 5.08. The fourth-order valence-corrected chi connectivity index (χ4v) is 3.45. The Morgan fingerprint density at radius 2 is 1.76 bits per heavy atom. The number of rotatable bonds is 3. The quantitative estimate of drug-likeness (QED) is 0.626. The van der Waals surface area contributed by atoms with E-state index >= 15 is 0 Å². The molecular weight excluding hydrogens is 450 g/mol. The van der Waals surface area contributed by atoms with E-state index in [-0.39, 0.29) is 11.9 Å². The summed E-state index contributed by atoms with van der Waals surface area (Å²) >= 11 is 6.86. The van der Waals surface area contributed by atoms with Crippen molar-refractivity contribution in [3.05, 3.63) is 74.3 Å². The van der Waals surface area contributed by atoms with Gasteiger partial charge in [0, 0.05) is 20.3 Å². The highest BCUT2D eigenvalue weighted by atomic mass is 79.9. The lowest BCUT2D eigenvalue weighted by Crippen LogP contribution is -2.46. The van der Waals surface area contributed by atoms with Crippen LogP contribution >= 0.6 is 31.9 Å². The van der Waals surface area contributed by atoms with E-state index in [1.807, 2.05) is 36.4 Å². The summed E-state index contributed by atoms with van der Waals surface area (Å²) in [6, 6.07) is 13.9. The van der Waals surface area contributed by atoms with Crippen molar-refractivity contribution in [3.8, 4) is 0 Å². The fourth-order valence-electron chi connectivity index (χ4n) is 2.67. The lowest BCUT2D eigenvalue weighted by Gasteiger charge is -2.29. The van der Waals surface area contributed by atoms with Crippen LogP contribution < -0.4 is 16.0 Å². The fraction of sp³-hybridized carbons (Fsp3) is 0.111. The van der Waals surface area contributed by atoms with E-state index in [9.17, 15) is 9.59 Å². The van der Waals surface area contributed by atoms with Crippen molar-refractivity contribution < 1.29 is 9.59 Å². The Bertz CT molecular complexity index is 863. The molecule has 3 N–H and O–H groups in total. The Hall–Kier alpha value is -2.12. The van der Waals surface area contributed by atoms with Crippen LogP contribution in [0.3, 0.4) is 0 Å². The Kier molecular flexibility index (Phi) is 5.24. The average Bonchev–Trinajstić information content (AvgIpc) is 2.56. The normalized spacial score (nSPS) is 16.9. The Balaban J connectivity index is 1.96. The molecule has 0 spiro atoms. The van der Waals surface area contributed by atoms with Crippen molar-refractivity contribution in [2.24, 2.45) is 0 Å². The van der Waals surface area contributed by atoms with Gasteiger partial charge in [0.25, 0.3) is 5.91 Å². The molecule has 0 fully saturated rings. The lowest BCUT2D eigenvalue weighted by atomic mass is 9.95. The van der Waals surface area contributed by atoms with Gasteiger partial charge >= 0.3 is 6.03 Å². The van der Waals surface area contributed by atoms with Gasteiger partial charge in [0.15, 0.2) is 0 Å². The second kappa shape index (κ2) is 7.41. The van der Waals surface area contributed by atoms with Crippen LogP contribution in [0.1, 0.15) is 18.5 Å². The lowest BCUT2D eigenvalue weighted by molar-refractivity contribution is -0.113. The molecule has 1 heterocycles. The van der Waals surface area contributed by atoms with Crippen molar-refractivity contribution in [3.63, 3.8) is 0 Å². The largest absolute Gasteiger partial charge is 0.327 e. The van der Waals surface area contributed by atoms with Crippen LogP contribution in [0.4, 0.5) is 10.5 Å². The summed E-state index contributed by atoms with van der Waals surface area (Å²) in [4.78, 5) is 24.8. The number of amides is 3. The number of anilines is 1. The number of benzene rings is 2. The molecule has 1 aliphatic rings. The molecule has 0 unspecified atom stereocenters. The van der Waals surface area contributed by atoms with Gasteiger partial charge in [-0.3, -0.25) is 4.79 Å². The van der Waals surface area contributed by atoms with E-state index < -0.39 is 6.04 Å². The van der Waals surface area contributed by atoms with E-state index in [2.05, 4.69) is 47.8 Å². The van der Waals surface area contributed by atoms with Crippen LogP contribution in [0.15, 0.2) is 68.7 Å². The number of hydrogen-bond donors (Lipinski definition) is 3. The van der Waals surface area contributed by atoms with E-state index in [4.69, 9.17) is 0 Å². The minimum atomic E-state index is -0.542. The summed E-state index contributed by atoms with van der Waals surface area (Å²) in [6.45, 7) is 1.72. The summed E-state index contributed by atoms with van der Waals surface area (Å²) in [7, 11) is 0. The molecule has 5 nitrogen and oxygen atoms in total. The Morgan fingerprint density at radius 1 is 1.08 bits per heavy atom.